The Bertz CT molecular complexity index is 293. The van der Waals surface area contributed by atoms with Crippen molar-refractivity contribution in [2.24, 2.45) is 5.92 Å². The zero-order valence-corrected chi connectivity index (χ0v) is 8.05. The minimum Gasteiger partial charge on any atom is -0.481 e. The molecule has 3 heteroatoms. The van der Waals surface area contributed by atoms with Gasteiger partial charge in [0, 0.05) is 0 Å². The summed E-state index contributed by atoms with van der Waals surface area (Å²) in [5.74, 6) is -1.68. The summed E-state index contributed by atoms with van der Waals surface area (Å²) in [6, 6.07) is 9.31. The zero-order chi connectivity index (χ0) is 10.6. The lowest BCUT2D eigenvalue weighted by atomic mass is 9.95. The zero-order valence-electron chi connectivity index (χ0n) is 8.05. The van der Waals surface area contributed by atoms with Crippen LogP contribution < -0.4 is 0 Å². The molecule has 1 aromatic rings. The highest BCUT2D eigenvalue weighted by molar-refractivity contribution is 5.71. The first-order chi connectivity index (χ1) is 6.61. The smallest absolute Gasteiger partial charge is 0.309 e. The Morgan fingerprint density at radius 3 is 2.36 bits per heavy atom. The van der Waals surface area contributed by atoms with E-state index in [1.165, 1.54) is 6.92 Å². The Morgan fingerprint density at radius 1 is 1.36 bits per heavy atom. The summed E-state index contributed by atoms with van der Waals surface area (Å²) in [6.07, 6.45) is -0.457. The van der Waals surface area contributed by atoms with Crippen LogP contribution >= 0.6 is 0 Å². The standard InChI is InChI=1S/C11H14O3/c1-8(12)10(11(13)14)7-9-5-3-2-4-6-9/h2-6,8,10,12H,7H2,1H3,(H,13,14)/t8?,10-/m0/s1. The molecular formula is C11H14O3. The van der Waals surface area contributed by atoms with E-state index in [9.17, 15) is 9.90 Å². The lowest BCUT2D eigenvalue weighted by Gasteiger charge is -2.14. The lowest BCUT2D eigenvalue weighted by Crippen LogP contribution is -2.27. The number of carboxylic acid groups (broad SMARTS) is 1. The Morgan fingerprint density at radius 2 is 1.93 bits per heavy atom. The van der Waals surface area contributed by atoms with Gasteiger partial charge in [0.05, 0.1) is 12.0 Å². The number of aliphatic hydroxyl groups excluding tert-OH is 1. The van der Waals surface area contributed by atoms with E-state index in [0.717, 1.165) is 5.56 Å². The van der Waals surface area contributed by atoms with Gasteiger partial charge in [-0.05, 0) is 18.9 Å². The second-order valence-corrected chi connectivity index (χ2v) is 3.38. The van der Waals surface area contributed by atoms with E-state index in [1.807, 2.05) is 30.3 Å². The Kier molecular flexibility index (Phi) is 3.65. The number of aliphatic carboxylic acids is 1. The lowest BCUT2D eigenvalue weighted by molar-refractivity contribution is -0.145. The second kappa shape index (κ2) is 4.77. The predicted molar refractivity (Wildman–Crippen MR) is 53.0 cm³/mol. The first-order valence-electron chi connectivity index (χ1n) is 4.56. The average molecular weight is 194 g/mol. The molecule has 0 aliphatic heterocycles. The molecule has 76 valence electrons. The molecule has 2 N–H and O–H groups in total. The largest absolute Gasteiger partial charge is 0.481 e. The Labute approximate surface area is 83.0 Å². The fraction of sp³-hybridized carbons (Fsp3) is 0.364. The molecule has 14 heavy (non-hydrogen) atoms. The maximum atomic E-state index is 10.8. The number of rotatable bonds is 4. The van der Waals surface area contributed by atoms with Crippen LogP contribution in [-0.4, -0.2) is 22.3 Å². The van der Waals surface area contributed by atoms with E-state index < -0.39 is 18.0 Å². The van der Waals surface area contributed by atoms with Crippen molar-refractivity contribution in [2.75, 3.05) is 0 Å². The second-order valence-electron chi connectivity index (χ2n) is 3.38. The Balaban J connectivity index is 2.70. The first kappa shape index (κ1) is 10.7. The molecular weight excluding hydrogens is 180 g/mol. The summed E-state index contributed by atoms with van der Waals surface area (Å²) in [7, 11) is 0. The molecule has 0 aromatic heterocycles. The highest BCUT2D eigenvalue weighted by Crippen LogP contribution is 2.12. The monoisotopic (exact) mass is 194 g/mol. The van der Waals surface area contributed by atoms with Gasteiger partial charge in [0.25, 0.3) is 0 Å². The molecule has 1 aromatic carbocycles. The molecule has 1 rings (SSSR count). The third-order valence-corrected chi connectivity index (χ3v) is 2.20. The van der Waals surface area contributed by atoms with E-state index in [2.05, 4.69) is 0 Å². The van der Waals surface area contributed by atoms with Gasteiger partial charge in [0.1, 0.15) is 0 Å². The van der Waals surface area contributed by atoms with Crippen molar-refractivity contribution in [1.29, 1.82) is 0 Å². The fourth-order valence-electron chi connectivity index (χ4n) is 1.33. The molecule has 0 saturated carbocycles. The molecule has 0 aliphatic rings. The maximum Gasteiger partial charge on any atom is 0.309 e. The van der Waals surface area contributed by atoms with Crippen LogP contribution in [0.1, 0.15) is 12.5 Å². The molecule has 0 bridgehead atoms. The van der Waals surface area contributed by atoms with Crippen LogP contribution in [0.15, 0.2) is 30.3 Å². The number of hydrogen-bond acceptors (Lipinski definition) is 2. The van der Waals surface area contributed by atoms with Crippen molar-refractivity contribution in [3.05, 3.63) is 35.9 Å². The molecule has 0 spiro atoms. The van der Waals surface area contributed by atoms with Crippen LogP contribution in [0.4, 0.5) is 0 Å². The first-order valence-corrected chi connectivity index (χ1v) is 4.56. The molecule has 2 atom stereocenters. The van der Waals surface area contributed by atoms with Crippen LogP contribution in [0.3, 0.4) is 0 Å². The van der Waals surface area contributed by atoms with Crippen LogP contribution in [0, 0.1) is 5.92 Å². The number of hydrogen-bond donors (Lipinski definition) is 2. The van der Waals surface area contributed by atoms with E-state index >= 15 is 0 Å². The van der Waals surface area contributed by atoms with Gasteiger partial charge in [-0.3, -0.25) is 4.79 Å². The van der Waals surface area contributed by atoms with Crippen molar-refractivity contribution in [3.8, 4) is 0 Å². The van der Waals surface area contributed by atoms with Crippen LogP contribution in [0.25, 0.3) is 0 Å². The minimum absolute atomic E-state index is 0.369. The van der Waals surface area contributed by atoms with E-state index in [4.69, 9.17) is 5.11 Å². The summed E-state index contributed by atoms with van der Waals surface area (Å²) in [6.45, 7) is 1.50. The van der Waals surface area contributed by atoms with Gasteiger partial charge in [-0.1, -0.05) is 30.3 Å². The minimum atomic E-state index is -0.955. The number of benzene rings is 1. The molecule has 0 fully saturated rings. The topological polar surface area (TPSA) is 57.5 Å². The van der Waals surface area contributed by atoms with Crippen molar-refractivity contribution >= 4 is 5.97 Å². The quantitative estimate of drug-likeness (QED) is 0.759. The molecule has 0 radical (unpaired) electrons. The van der Waals surface area contributed by atoms with E-state index in [0.29, 0.717) is 6.42 Å². The van der Waals surface area contributed by atoms with E-state index in [1.54, 1.807) is 0 Å². The molecule has 0 saturated heterocycles. The summed E-state index contributed by atoms with van der Waals surface area (Å²) >= 11 is 0. The van der Waals surface area contributed by atoms with Gasteiger partial charge in [0.2, 0.25) is 0 Å². The molecule has 3 nitrogen and oxygen atoms in total. The van der Waals surface area contributed by atoms with Gasteiger partial charge >= 0.3 is 5.97 Å². The van der Waals surface area contributed by atoms with Gasteiger partial charge in [0.15, 0.2) is 0 Å². The van der Waals surface area contributed by atoms with E-state index in [-0.39, 0.29) is 0 Å². The highest BCUT2D eigenvalue weighted by atomic mass is 16.4. The molecule has 1 unspecified atom stereocenters. The van der Waals surface area contributed by atoms with Crippen molar-refractivity contribution in [2.45, 2.75) is 19.4 Å². The molecule has 0 amide bonds. The maximum absolute atomic E-state index is 10.8. The van der Waals surface area contributed by atoms with Crippen LogP contribution in [-0.2, 0) is 11.2 Å². The Hall–Kier alpha value is -1.35. The summed E-state index contributed by atoms with van der Waals surface area (Å²) < 4.78 is 0. The van der Waals surface area contributed by atoms with Gasteiger partial charge in [-0.2, -0.15) is 0 Å². The van der Waals surface area contributed by atoms with Gasteiger partial charge in [-0.15, -0.1) is 0 Å². The summed E-state index contributed by atoms with van der Waals surface area (Å²) in [4.78, 5) is 10.8. The molecule has 0 heterocycles. The van der Waals surface area contributed by atoms with Crippen molar-refractivity contribution < 1.29 is 15.0 Å². The third-order valence-electron chi connectivity index (χ3n) is 2.20. The fourth-order valence-corrected chi connectivity index (χ4v) is 1.33. The van der Waals surface area contributed by atoms with Crippen molar-refractivity contribution in [1.82, 2.24) is 0 Å². The molecule has 0 aliphatic carbocycles. The number of carbonyl (C=O) groups is 1. The average Bonchev–Trinajstić information content (AvgIpc) is 2.15. The predicted octanol–water partition coefficient (Wildman–Crippen LogP) is 1.31. The SMILES string of the molecule is CC(O)[C@H](Cc1ccccc1)C(=O)O. The summed E-state index contributed by atoms with van der Waals surface area (Å²) in [5, 5.41) is 18.1. The van der Waals surface area contributed by atoms with Crippen LogP contribution in [0.5, 0.6) is 0 Å². The highest BCUT2D eigenvalue weighted by Gasteiger charge is 2.22. The number of carboxylic acids is 1. The van der Waals surface area contributed by atoms with Crippen LogP contribution in [0.2, 0.25) is 0 Å². The van der Waals surface area contributed by atoms with Gasteiger partial charge < -0.3 is 10.2 Å². The van der Waals surface area contributed by atoms with Gasteiger partial charge in [-0.25, -0.2) is 0 Å². The normalized spacial score (nSPS) is 14.7. The third kappa shape index (κ3) is 2.85. The summed E-state index contributed by atoms with van der Waals surface area (Å²) in [5.41, 5.74) is 0.931. The number of aliphatic hydroxyl groups is 1. The van der Waals surface area contributed by atoms with Crippen molar-refractivity contribution in [3.63, 3.8) is 0 Å².